The number of nitrogens with zero attached hydrogens (tertiary/aromatic N) is 3. The van der Waals surface area contributed by atoms with Crippen LogP contribution in [0.2, 0.25) is 0 Å². The highest BCUT2D eigenvalue weighted by molar-refractivity contribution is 6.68. The van der Waals surface area contributed by atoms with E-state index in [9.17, 15) is 39.9 Å². The number of benzene rings is 2. The molecule has 0 heterocycles. The molecule has 0 bridgehead atoms. The second-order valence-electron chi connectivity index (χ2n) is 4.61. The number of carbonyl (C=O) groups excluding carboxylic acids is 2. The molecule has 0 N–H and O–H groups in total. The molecule has 0 fully saturated rings. The standard InChI is InChI=1S/C7H3ClN2O5.C7H4ClNO3/c8-7(11)4-1-5(9(12)13)3-6(2-4)10(14)15;8-7(10)5-2-1-3-6(4-5)9(11)12/h1-3H;1-4H. The second-order valence-corrected chi connectivity index (χ2v) is 5.29. The van der Waals surface area contributed by atoms with E-state index in [1.54, 1.807) is 0 Å². The van der Waals surface area contributed by atoms with Crippen molar-refractivity contribution in [1.29, 1.82) is 0 Å². The molecule has 0 aliphatic carbocycles. The Balaban J connectivity index is 0.000000277. The highest BCUT2D eigenvalue weighted by atomic mass is 35.5. The molecule has 140 valence electrons. The lowest BCUT2D eigenvalue weighted by atomic mass is 10.2. The predicted octanol–water partition coefficient (Wildman–Crippen LogP) is 3.86. The van der Waals surface area contributed by atoms with Gasteiger partial charge in [0.05, 0.1) is 20.8 Å². The summed E-state index contributed by atoms with van der Waals surface area (Å²) in [7, 11) is 0. The van der Waals surface area contributed by atoms with Gasteiger partial charge in [-0.2, -0.15) is 0 Å². The molecule has 0 aliphatic heterocycles. The largest absolute Gasteiger partial charge is 0.277 e. The van der Waals surface area contributed by atoms with E-state index in [0.29, 0.717) is 0 Å². The van der Waals surface area contributed by atoms with Crippen LogP contribution in [0.5, 0.6) is 0 Å². The van der Waals surface area contributed by atoms with Gasteiger partial charge in [0.2, 0.25) is 0 Å². The van der Waals surface area contributed by atoms with Crippen molar-refractivity contribution in [2.45, 2.75) is 0 Å². The van der Waals surface area contributed by atoms with Crippen molar-refractivity contribution in [3.05, 3.63) is 83.9 Å². The van der Waals surface area contributed by atoms with Crippen LogP contribution in [0.3, 0.4) is 0 Å². The van der Waals surface area contributed by atoms with Crippen LogP contribution in [0.15, 0.2) is 42.5 Å². The monoisotopic (exact) mass is 415 g/mol. The van der Waals surface area contributed by atoms with Crippen LogP contribution in [-0.2, 0) is 0 Å². The molecule has 13 heteroatoms. The molecule has 2 rings (SSSR count). The van der Waals surface area contributed by atoms with E-state index >= 15 is 0 Å². The second kappa shape index (κ2) is 9.31. The summed E-state index contributed by atoms with van der Waals surface area (Å²) in [4.78, 5) is 50.0. The minimum atomic E-state index is -0.984. The molecule has 0 saturated carbocycles. The third-order valence-corrected chi connectivity index (χ3v) is 3.27. The third-order valence-electron chi connectivity index (χ3n) is 2.84. The van der Waals surface area contributed by atoms with Crippen LogP contribution >= 0.6 is 23.2 Å². The van der Waals surface area contributed by atoms with E-state index < -0.39 is 36.6 Å². The minimum Gasteiger partial charge on any atom is -0.276 e. The Morgan fingerprint density at radius 2 is 1.07 bits per heavy atom. The molecule has 0 atom stereocenters. The van der Waals surface area contributed by atoms with Crippen LogP contribution < -0.4 is 0 Å². The van der Waals surface area contributed by atoms with Crippen LogP contribution in [-0.4, -0.2) is 25.3 Å². The number of nitro benzene ring substituents is 3. The molecule has 27 heavy (non-hydrogen) atoms. The SMILES string of the molecule is O=C(Cl)c1cc([N+](=O)[O-])cc([N+](=O)[O-])c1.O=C(Cl)c1cccc([N+](=O)[O-])c1. The number of non-ortho nitro benzene ring substituents is 3. The number of hydrogen-bond acceptors (Lipinski definition) is 8. The van der Waals surface area contributed by atoms with E-state index in [1.807, 2.05) is 0 Å². The van der Waals surface area contributed by atoms with Gasteiger partial charge in [0, 0.05) is 35.4 Å². The molecule has 0 radical (unpaired) electrons. The first-order valence-electron chi connectivity index (χ1n) is 6.61. The Bertz CT molecular complexity index is 839. The Kier molecular flexibility index (Phi) is 7.45. The molecule has 0 aliphatic rings. The first-order chi connectivity index (χ1) is 12.5. The van der Waals surface area contributed by atoms with E-state index in [4.69, 9.17) is 23.2 Å². The summed E-state index contributed by atoms with van der Waals surface area (Å²) in [5.41, 5.74) is -1.38. The number of carbonyl (C=O) groups is 2. The maximum atomic E-state index is 10.7. The Morgan fingerprint density at radius 1 is 0.667 bits per heavy atom. The molecule has 0 aromatic heterocycles. The van der Waals surface area contributed by atoms with Crippen molar-refractivity contribution in [2.75, 3.05) is 0 Å². The van der Waals surface area contributed by atoms with Crippen LogP contribution in [0.1, 0.15) is 20.7 Å². The third kappa shape index (κ3) is 6.41. The van der Waals surface area contributed by atoms with Crippen LogP contribution in [0.25, 0.3) is 0 Å². The topological polar surface area (TPSA) is 164 Å². The molecular formula is C14H7Cl2N3O8. The average molecular weight is 416 g/mol. The van der Waals surface area contributed by atoms with Crippen molar-refractivity contribution in [3.8, 4) is 0 Å². The highest BCUT2D eigenvalue weighted by Gasteiger charge is 2.18. The average Bonchev–Trinajstić information content (AvgIpc) is 2.61. The lowest BCUT2D eigenvalue weighted by molar-refractivity contribution is -0.394. The summed E-state index contributed by atoms with van der Waals surface area (Å²) in [5.74, 6) is 0. The molecular weight excluding hydrogens is 409 g/mol. The molecule has 11 nitrogen and oxygen atoms in total. The number of hydrogen-bond donors (Lipinski definition) is 0. The molecule has 0 unspecified atom stereocenters. The zero-order chi connectivity index (χ0) is 20.7. The fourth-order valence-corrected chi connectivity index (χ4v) is 1.89. The first kappa shape index (κ1) is 21.6. The van der Waals surface area contributed by atoms with E-state index in [-0.39, 0.29) is 16.8 Å². The summed E-state index contributed by atoms with van der Waals surface area (Å²) in [5, 5.41) is 29.3. The van der Waals surface area contributed by atoms with Gasteiger partial charge < -0.3 is 0 Å². The maximum Gasteiger partial charge on any atom is 0.277 e. The Morgan fingerprint density at radius 3 is 1.44 bits per heavy atom. The fourth-order valence-electron chi connectivity index (χ4n) is 1.66. The molecule has 2 aromatic carbocycles. The van der Waals surface area contributed by atoms with Gasteiger partial charge >= 0.3 is 0 Å². The van der Waals surface area contributed by atoms with Gasteiger partial charge in [-0.25, -0.2) is 0 Å². The van der Waals surface area contributed by atoms with E-state index in [2.05, 4.69) is 0 Å². The van der Waals surface area contributed by atoms with Gasteiger partial charge in [-0.3, -0.25) is 39.9 Å². The number of rotatable bonds is 5. The first-order valence-corrected chi connectivity index (χ1v) is 7.36. The summed E-state index contributed by atoms with van der Waals surface area (Å²) in [6.07, 6.45) is 0. The molecule has 2 aromatic rings. The van der Waals surface area contributed by atoms with Gasteiger partial charge in [-0.1, -0.05) is 6.07 Å². The van der Waals surface area contributed by atoms with Crippen molar-refractivity contribution in [1.82, 2.24) is 0 Å². The summed E-state index contributed by atoms with van der Waals surface area (Å²) >= 11 is 10.2. The summed E-state index contributed by atoms with van der Waals surface area (Å²) in [6.45, 7) is 0. The summed E-state index contributed by atoms with van der Waals surface area (Å²) in [6, 6.07) is 7.77. The zero-order valence-electron chi connectivity index (χ0n) is 12.9. The van der Waals surface area contributed by atoms with Gasteiger partial charge in [-0.15, -0.1) is 0 Å². The Hall–Kier alpha value is -3.44. The van der Waals surface area contributed by atoms with E-state index in [0.717, 1.165) is 24.3 Å². The van der Waals surface area contributed by atoms with Crippen molar-refractivity contribution in [2.24, 2.45) is 0 Å². The zero-order valence-corrected chi connectivity index (χ0v) is 14.4. The van der Waals surface area contributed by atoms with Crippen molar-refractivity contribution in [3.63, 3.8) is 0 Å². The van der Waals surface area contributed by atoms with Gasteiger partial charge in [0.15, 0.2) is 0 Å². The quantitative estimate of drug-likeness (QED) is 0.403. The van der Waals surface area contributed by atoms with Gasteiger partial charge in [-0.05, 0) is 29.3 Å². The lowest BCUT2D eigenvalue weighted by Gasteiger charge is -1.96. The molecule has 0 spiro atoms. The lowest BCUT2D eigenvalue weighted by Crippen LogP contribution is -1.97. The Labute approximate surface area is 159 Å². The minimum absolute atomic E-state index is 0.130. The molecule has 0 amide bonds. The number of halogens is 2. The van der Waals surface area contributed by atoms with Crippen molar-refractivity contribution < 1.29 is 24.4 Å². The molecule has 0 saturated heterocycles. The maximum absolute atomic E-state index is 10.7. The number of nitro groups is 3. The van der Waals surface area contributed by atoms with Crippen LogP contribution in [0, 0.1) is 30.3 Å². The summed E-state index contributed by atoms with van der Waals surface area (Å²) < 4.78 is 0. The van der Waals surface area contributed by atoms with E-state index in [1.165, 1.54) is 18.2 Å². The predicted molar refractivity (Wildman–Crippen MR) is 93.2 cm³/mol. The van der Waals surface area contributed by atoms with Crippen molar-refractivity contribution >= 4 is 50.7 Å². The van der Waals surface area contributed by atoms with Crippen LogP contribution in [0.4, 0.5) is 17.1 Å². The smallest absolute Gasteiger partial charge is 0.276 e. The van der Waals surface area contributed by atoms with Gasteiger partial charge in [0.1, 0.15) is 0 Å². The fraction of sp³-hybridized carbons (Fsp3) is 0. The highest BCUT2D eigenvalue weighted by Crippen LogP contribution is 2.23. The van der Waals surface area contributed by atoms with Gasteiger partial charge in [0.25, 0.3) is 27.5 Å². The normalized spacial score (nSPS) is 9.56.